The summed E-state index contributed by atoms with van der Waals surface area (Å²) in [4.78, 5) is 14.0. The predicted molar refractivity (Wildman–Crippen MR) is 144 cm³/mol. The van der Waals surface area contributed by atoms with Gasteiger partial charge in [0, 0.05) is 32.5 Å². The van der Waals surface area contributed by atoms with E-state index in [0.717, 1.165) is 63.1 Å². The Morgan fingerprint density at radius 2 is 1.85 bits per heavy atom. The second-order valence-electron chi connectivity index (χ2n) is 8.72. The van der Waals surface area contributed by atoms with E-state index >= 15 is 0 Å². The minimum Gasteiger partial charge on any atom is -0.489 e. The van der Waals surface area contributed by atoms with Crippen LogP contribution in [0.1, 0.15) is 36.8 Å². The van der Waals surface area contributed by atoms with Crippen molar-refractivity contribution in [3.63, 3.8) is 0 Å². The number of hydrogen-bond donors (Lipinski definition) is 1. The fraction of sp³-hybridized carbons (Fsp3) is 0.321. The molecule has 0 bridgehead atoms. The van der Waals surface area contributed by atoms with Crippen LogP contribution in [0.4, 0.5) is 0 Å². The first kappa shape index (κ1) is 25.0. The van der Waals surface area contributed by atoms with Crippen molar-refractivity contribution in [3.05, 3.63) is 88.9 Å². The Labute approximate surface area is 216 Å². The molecule has 4 rings (SSSR count). The van der Waals surface area contributed by atoms with Crippen LogP contribution in [0.2, 0.25) is 5.02 Å². The minimum atomic E-state index is -0.0492. The molecule has 1 aliphatic heterocycles. The third-order valence-corrected chi connectivity index (χ3v) is 8.24. The van der Waals surface area contributed by atoms with E-state index in [1.807, 2.05) is 36.4 Å². The normalized spacial score (nSPS) is 17.5. The van der Waals surface area contributed by atoms with Crippen molar-refractivity contribution in [2.24, 2.45) is 0 Å². The molecule has 0 spiro atoms. The van der Waals surface area contributed by atoms with Gasteiger partial charge in [-0.05, 0) is 73.4 Å². The van der Waals surface area contributed by atoms with E-state index in [2.05, 4.69) is 48.0 Å². The van der Waals surface area contributed by atoms with Crippen molar-refractivity contribution in [3.8, 4) is 5.75 Å². The van der Waals surface area contributed by atoms with E-state index in [1.165, 1.54) is 0 Å². The Hall–Kier alpha value is -2.08. The Morgan fingerprint density at radius 3 is 2.59 bits per heavy atom. The van der Waals surface area contributed by atoms with Crippen LogP contribution in [0.15, 0.2) is 82.6 Å². The number of benzene rings is 3. The molecule has 1 atom stereocenters. The maximum Gasteiger partial charge on any atom is 0.220 e. The molecule has 0 radical (unpaired) electrons. The highest BCUT2D eigenvalue weighted by molar-refractivity contribution is 7.99. The maximum atomic E-state index is 11.8. The molecule has 1 amide bonds. The lowest BCUT2D eigenvalue weighted by atomic mass is 9.92. The van der Waals surface area contributed by atoms with Gasteiger partial charge < -0.3 is 10.1 Å². The van der Waals surface area contributed by atoms with Crippen LogP contribution in [-0.4, -0.2) is 23.5 Å². The fourth-order valence-corrected chi connectivity index (χ4v) is 6.49. The Balaban J connectivity index is 1.32. The molecule has 3 aromatic carbocycles. The van der Waals surface area contributed by atoms with Crippen molar-refractivity contribution in [2.45, 2.75) is 54.0 Å². The zero-order chi connectivity index (χ0) is 23.8. The van der Waals surface area contributed by atoms with Gasteiger partial charge >= 0.3 is 0 Å². The standard InChI is InChI=1S/C28H30ClNO2S2/c1-33-20-28(16-14-27(31)30-28)15-6-9-22-12-13-25(18-26(22)29)34-24-11-5-10-23(17-24)32-19-21-7-3-2-4-8-21/h2-5,7-8,10-13,17-18H,6,9,14-16,19-20H2,1H3,(H,30,31). The highest BCUT2D eigenvalue weighted by atomic mass is 35.5. The number of carbonyl (C=O) groups excluding carboxylic acids is 1. The van der Waals surface area contributed by atoms with E-state index in [-0.39, 0.29) is 11.4 Å². The summed E-state index contributed by atoms with van der Waals surface area (Å²) in [5.74, 6) is 2.01. The molecule has 1 unspecified atom stereocenters. The monoisotopic (exact) mass is 511 g/mol. The molecule has 1 saturated heterocycles. The Kier molecular flexibility index (Phi) is 8.87. The van der Waals surface area contributed by atoms with Gasteiger partial charge in [-0.25, -0.2) is 0 Å². The Bertz CT molecular complexity index is 1110. The SMILES string of the molecule is CSCC1(CCCc2ccc(Sc3cccc(OCc4ccccc4)c3)cc2Cl)CCC(=O)N1. The number of amides is 1. The van der Waals surface area contributed by atoms with Crippen LogP contribution in [-0.2, 0) is 17.8 Å². The van der Waals surface area contributed by atoms with E-state index in [4.69, 9.17) is 16.3 Å². The van der Waals surface area contributed by atoms with Crippen molar-refractivity contribution in [1.29, 1.82) is 0 Å². The molecule has 0 aromatic heterocycles. The van der Waals surface area contributed by atoms with Gasteiger partial charge in [-0.15, -0.1) is 0 Å². The van der Waals surface area contributed by atoms with Crippen molar-refractivity contribution in [1.82, 2.24) is 5.32 Å². The lowest BCUT2D eigenvalue weighted by molar-refractivity contribution is -0.119. The molecule has 178 valence electrons. The summed E-state index contributed by atoms with van der Waals surface area (Å²) in [6.07, 6.45) is 6.59. The molecule has 3 aromatic rings. The zero-order valence-corrected chi connectivity index (χ0v) is 21.8. The molecule has 1 heterocycles. The number of hydrogen-bond acceptors (Lipinski definition) is 4. The lowest BCUT2D eigenvalue weighted by Crippen LogP contribution is -2.44. The van der Waals surface area contributed by atoms with Crippen molar-refractivity contribution >= 4 is 41.0 Å². The first-order valence-electron chi connectivity index (χ1n) is 11.6. The summed E-state index contributed by atoms with van der Waals surface area (Å²) in [7, 11) is 0. The molecule has 0 saturated carbocycles. The number of halogens is 1. The summed E-state index contributed by atoms with van der Waals surface area (Å²) in [5.41, 5.74) is 2.26. The minimum absolute atomic E-state index is 0.0492. The molecule has 3 nitrogen and oxygen atoms in total. The molecule has 0 aliphatic carbocycles. The number of aryl methyl sites for hydroxylation is 1. The average molecular weight is 512 g/mol. The summed E-state index contributed by atoms with van der Waals surface area (Å²) >= 11 is 10.1. The van der Waals surface area contributed by atoms with Gasteiger partial charge in [-0.1, -0.05) is 65.8 Å². The fourth-order valence-electron chi connectivity index (χ4n) is 4.33. The van der Waals surface area contributed by atoms with E-state index in [1.54, 1.807) is 23.5 Å². The van der Waals surface area contributed by atoms with Gasteiger partial charge in [0.2, 0.25) is 5.91 Å². The summed E-state index contributed by atoms with van der Waals surface area (Å²) in [5, 5.41) is 4.02. The molecule has 1 aliphatic rings. The highest BCUT2D eigenvalue weighted by Gasteiger charge is 2.36. The highest BCUT2D eigenvalue weighted by Crippen LogP contribution is 2.34. The van der Waals surface area contributed by atoms with E-state index in [0.29, 0.717) is 13.0 Å². The van der Waals surface area contributed by atoms with Crippen molar-refractivity contribution < 1.29 is 9.53 Å². The molecule has 1 N–H and O–H groups in total. The predicted octanol–water partition coefficient (Wildman–Crippen LogP) is 7.40. The van der Waals surface area contributed by atoms with E-state index < -0.39 is 0 Å². The largest absolute Gasteiger partial charge is 0.489 e. The second kappa shape index (κ2) is 12.1. The molecular formula is C28H30ClNO2S2. The first-order chi connectivity index (χ1) is 16.5. The van der Waals surface area contributed by atoms with Crippen LogP contribution >= 0.6 is 35.1 Å². The van der Waals surface area contributed by atoms with E-state index in [9.17, 15) is 4.79 Å². The third-order valence-electron chi connectivity index (χ3n) is 6.07. The topological polar surface area (TPSA) is 38.3 Å². The molecular weight excluding hydrogens is 482 g/mol. The number of thioether (sulfide) groups is 1. The van der Waals surface area contributed by atoms with Crippen LogP contribution < -0.4 is 10.1 Å². The van der Waals surface area contributed by atoms with Gasteiger partial charge in [0.25, 0.3) is 0 Å². The average Bonchev–Trinajstić information content (AvgIpc) is 3.20. The van der Waals surface area contributed by atoms with Crippen LogP contribution in [0.3, 0.4) is 0 Å². The Morgan fingerprint density at radius 1 is 1.03 bits per heavy atom. The first-order valence-corrected chi connectivity index (χ1v) is 14.2. The quantitative estimate of drug-likeness (QED) is 0.291. The summed E-state index contributed by atoms with van der Waals surface area (Å²) in [6.45, 7) is 0.553. The number of ether oxygens (including phenoxy) is 1. The molecule has 1 fully saturated rings. The number of rotatable bonds is 11. The van der Waals surface area contributed by atoms with Crippen LogP contribution in [0.25, 0.3) is 0 Å². The summed E-state index contributed by atoms with van der Waals surface area (Å²) < 4.78 is 5.96. The smallest absolute Gasteiger partial charge is 0.220 e. The van der Waals surface area contributed by atoms with Gasteiger partial charge in [0.05, 0.1) is 0 Å². The number of carbonyl (C=O) groups is 1. The van der Waals surface area contributed by atoms with Gasteiger partial charge in [0.15, 0.2) is 0 Å². The molecule has 34 heavy (non-hydrogen) atoms. The van der Waals surface area contributed by atoms with Gasteiger partial charge in [-0.2, -0.15) is 11.8 Å². The van der Waals surface area contributed by atoms with Gasteiger partial charge in [-0.3, -0.25) is 4.79 Å². The number of nitrogens with one attached hydrogen (secondary N) is 1. The lowest BCUT2D eigenvalue weighted by Gasteiger charge is -2.28. The summed E-state index contributed by atoms with van der Waals surface area (Å²) in [6, 6.07) is 24.7. The van der Waals surface area contributed by atoms with Crippen LogP contribution in [0.5, 0.6) is 5.75 Å². The van der Waals surface area contributed by atoms with Crippen LogP contribution in [0, 0.1) is 0 Å². The third kappa shape index (κ3) is 6.97. The van der Waals surface area contributed by atoms with Crippen molar-refractivity contribution in [2.75, 3.05) is 12.0 Å². The second-order valence-corrected chi connectivity index (χ2v) is 11.1. The maximum absolute atomic E-state index is 11.8. The molecule has 6 heteroatoms. The van der Waals surface area contributed by atoms with Gasteiger partial charge in [0.1, 0.15) is 12.4 Å². The zero-order valence-electron chi connectivity index (χ0n) is 19.4.